The Hall–Kier alpha value is -1.10. The van der Waals surface area contributed by atoms with Crippen molar-refractivity contribution in [1.82, 2.24) is 4.98 Å². The Morgan fingerprint density at radius 2 is 2.53 bits per heavy atom. The van der Waals surface area contributed by atoms with Crippen molar-refractivity contribution in [1.29, 1.82) is 0 Å². The molecule has 0 saturated carbocycles. The Morgan fingerprint density at radius 3 is 3.24 bits per heavy atom. The zero-order valence-electron chi connectivity index (χ0n) is 10.1. The zero-order chi connectivity index (χ0) is 12.3. The number of thiazole rings is 1. The van der Waals surface area contributed by atoms with Crippen LogP contribution in [0.2, 0.25) is 0 Å². The van der Waals surface area contributed by atoms with Gasteiger partial charge in [0.1, 0.15) is 0 Å². The van der Waals surface area contributed by atoms with Crippen molar-refractivity contribution in [3.05, 3.63) is 11.1 Å². The van der Waals surface area contributed by atoms with E-state index in [4.69, 9.17) is 5.11 Å². The lowest BCUT2D eigenvalue weighted by Gasteiger charge is -2.31. The van der Waals surface area contributed by atoms with Crippen molar-refractivity contribution < 1.29 is 9.90 Å². The Kier molecular flexibility index (Phi) is 3.99. The maximum Gasteiger partial charge on any atom is 0.309 e. The van der Waals surface area contributed by atoms with Gasteiger partial charge in [-0.1, -0.05) is 13.3 Å². The van der Waals surface area contributed by atoms with Crippen LogP contribution in [0.5, 0.6) is 0 Å². The monoisotopic (exact) mass is 254 g/mol. The summed E-state index contributed by atoms with van der Waals surface area (Å²) in [7, 11) is 0. The average molecular weight is 254 g/mol. The lowest BCUT2D eigenvalue weighted by molar-refractivity contribution is -0.136. The zero-order valence-corrected chi connectivity index (χ0v) is 10.9. The summed E-state index contributed by atoms with van der Waals surface area (Å²) in [6, 6.07) is 0. The van der Waals surface area contributed by atoms with E-state index >= 15 is 0 Å². The molecule has 0 bridgehead atoms. The summed E-state index contributed by atoms with van der Waals surface area (Å²) in [6.45, 7) is 4.35. The average Bonchev–Trinajstić information content (AvgIpc) is 2.77. The van der Waals surface area contributed by atoms with Gasteiger partial charge in [0.25, 0.3) is 0 Å². The van der Waals surface area contributed by atoms with Crippen LogP contribution in [0, 0.1) is 5.92 Å². The molecule has 1 atom stereocenters. The van der Waals surface area contributed by atoms with E-state index in [9.17, 15) is 4.79 Å². The first-order valence-electron chi connectivity index (χ1n) is 6.10. The van der Waals surface area contributed by atoms with Crippen molar-refractivity contribution in [3.63, 3.8) is 0 Å². The number of carboxylic acid groups (broad SMARTS) is 1. The van der Waals surface area contributed by atoms with Gasteiger partial charge in [-0.2, -0.15) is 0 Å². The summed E-state index contributed by atoms with van der Waals surface area (Å²) >= 11 is 1.56. The second kappa shape index (κ2) is 5.49. The van der Waals surface area contributed by atoms with Crippen molar-refractivity contribution in [2.24, 2.45) is 5.92 Å². The van der Waals surface area contributed by atoms with Gasteiger partial charge in [0, 0.05) is 18.5 Å². The molecule has 1 N–H and O–H groups in total. The third kappa shape index (κ3) is 3.19. The normalized spacial score (nSPS) is 20.5. The van der Waals surface area contributed by atoms with E-state index in [0.717, 1.165) is 24.1 Å². The van der Waals surface area contributed by atoms with Gasteiger partial charge in [-0.05, 0) is 18.8 Å². The van der Waals surface area contributed by atoms with Crippen LogP contribution in [-0.2, 0) is 11.2 Å². The molecule has 0 radical (unpaired) electrons. The molecule has 94 valence electrons. The molecule has 1 saturated heterocycles. The first kappa shape index (κ1) is 12.4. The van der Waals surface area contributed by atoms with Gasteiger partial charge < -0.3 is 10.0 Å². The summed E-state index contributed by atoms with van der Waals surface area (Å²) in [4.78, 5) is 17.3. The molecule has 1 aromatic heterocycles. The molecule has 0 amide bonds. The van der Waals surface area contributed by atoms with Crippen LogP contribution in [0.3, 0.4) is 0 Å². The molecular formula is C12H18N2O2S. The Morgan fingerprint density at radius 1 is 1.71 bits per heavy atom. The van der Waals surface area contributed by atoms with Gasteiger partial charge in [-0.3, -0.25) is 4.79 Å². The van der Waals surface area contributed by atoms with Gasteiger partial charge in [0.15, 0.2) is 5.13 Å². The third-order valence-corrected chi connectivity index (χ3v) is 4.19. The number of rotatable bonds is 4. The number of piperidine rings is 1. The molecule has 17 heavy (non-hydrogen) atoms. The van der Waals surface area contributed by atoms with Crippen molar-refractivity contribution in [2.75, 3.05) is 18.0 Å². The standard InChI is InChI=1S/C12H18N2O2S/c1-2-9-4-3-5-14(7-9)12-13-10(8-17-12)6-11(15)16/h8-9H,2-7H2,1H3,(H,15,16). The maximum atomic E-state index is 10.6. The highest BCUT2D eigenvalue weighted by Gasteiger charge is 2.21. The smallest absolute Gasteiger partial charge is 0.309 e. The number of hydrogen-bond acceptors (Lipinski definition) is 4. The van der Waals surface area contributed by atoms with Crippen LogP contribution in [0.1, 0.15) is 31.9 Å². The summed E-state index contributed by atoms with van der Waals surface area (Å²) in [5, 5.41) is 11.6. The number of hydrogen-bond donors (Lipinski definition) is 1. The molecule has 2 rings (SSSR count). The van der Waals surface area contributed by atoms with Crippen LogP contribution < -0.4 is 4.90 Å². The third-order valence-electron chi connectivity index (χ3n) is 3.24. The van der Waals surface area contributed by atoms with Crippen LogP contribution in [0.15, 0.2) is 5.38 Å². The highest BCUT2D eigenvalue weighted by atomic mass is 32.1. The summed E-state index contributed by atoms with van der Waals surface area (Å²) < 4.78 is 0. The van der Waals surface area contributed by atoms with Crippen LogP contribution in [0.25, 0.3) is 0 Å². The summed E-state index contributed by atoms with van der Waals surface area (Å²) in [6.07, 6.45) is 3.76. The minimum absolute atomic E-state index is 0.0293. The molecule has 1 unspecified atom stereocenters. The second-order valence-electron chi connectivity index (χ2n) is 4.55. The second-order valence-corrected chi connectivity index (χ2v) is 5.39. The van der Waals surface area contributed by atoms with E-state index in [0.29, 0.717) is 5.69 Å². The first-order chi connectivity index (χ1) is 8.19. The topological polar surface area (TPSA) is 53.4 Å². The Balaban J connectivity index is 2.01. The maximum absolute atomic E-state index is 10.6. The predicted octanol–water partition coefficient (Wildman–Crippen LogP) is 2.40. The van der Waals surface area contributed by atoms with E-state index in [2.05, 4.69) is 16.8 Å². The number of carbonyl (C=O) groups is 1. The van der Waals surface area contributed by atoms with Crippen molar-refractivity contribution >= 4 is 22.4 Å². The van der Waals surface area contributed by atoms with Crippen LogP contribution >= 0.6 is 11.3 Å². The molecule has 5 heteroatoms. The molecule has 1 aliphatic rings. The first-order valence-corrected chi connectivity index (χ1v) is 6.98. The largest absolute Gasteiger partial charge is 0.481 e. The molecule has 0 aromatic carbocycles. The Bertz CT molecular complexity index is 392. The van der Waals surface area contributed by atoms with E-state index in [1.165, 1.54) is 19.3 Å². The SMILES string of the molecule is CCC1CCCN(c2nc(CC(=O)O)cs2)C1. The molecule has 1 aromatic rings. The van der Waals surface area contributed by atoms with Gasteiger partial charge in [0.05, 0.1) is 12.1 Å². The molecule has 1 fully saturated rings. The van der Waals surface area contributed by atoms with Crippen LogP contribution in [0.4, 0.5) is 5.13 Å². The molecule has 0 spiro atoms. The van der Waals surface area contributed by atoms with Crippen molar-refractivity contribution in [2.45, 2.75) is 32.6 Å². The summed E-state index contributed by atoms with van der Waals surface area (Å²) in [5.74, 6) is -0.0532. The van der Waals surface area contributed by atoms with Crippen LogP contribution in [-0.4, -0.2) is 29.1 Å². The summed E-state index contributed by atoms with van der Waals surface area (Å²) in [5.41, 5.74) is 0.677. The molecule has 1 aliphatic heterocycles. The molecule has 4 nitrogen and oxygen atoms in total. The van der Waals surface area contributed by atoms with Gasteiger partial charge >= 0.3 is 5.97 Å². The predicted molar refractivity (Wildman–Crippen MR) is 68.7 cm³/mol. The van der Waals surface area contributed by atoms with E-state index < -0.39 is 5.97 Å². The number of anilines is 1. The number of carboxylic acids is 1. The lowest BCUT2D eigenvalue weighted by atomic mass is 9.96. The Labute approximate surface area is 105 Å². The molecule has 2 heterocycles. The minimum atomic E-state index is -0.813. The fourth-order valence-corrected chi connectivity index (χ4v) is 3.11. The lowest BCUT2D eigenvalue weighted by Crippen LogP contribution is -2.35. The number of aliphatic carboxylic acids is 1. The van der Waals surface area contributed by atoms with E-state index in [1.807, 2.05) is 5.38 Å². The fraction of sp³-hybridized carbons (Fsp3) is 0.667. The van der Waals surface area contributed by atoms with Gasteiger partial charge in [-0.15, -0.1) is 11.3 Å². The molecule has 0 aliphatic carbocycles. The van der Waals surface area contributed by atoms with E-state index in [-0.39, 0.29) is 6.42 Å². The number of nitrogens with zero attached hydrogens (tertiary/aromatic N) is 2. The van der Waals surface area contributed by atoms with Gasteiger partial charge in [0.2, 0.25) is 0 Å². The molecular weight excluding hydrogens is 236 g/mol. The quantitative estimate of drug-likeness (QED) is 0.896. The van der Waals surface area contributed by atoms with E-state index in [1.54, 1.807) is 11.3 Å². The highest BCUT2D eigenvalue weighted by Crippen LogP contribution is 2.27. The highest BCUT2D eigenvalue weighted by molar-refractivity contribution is 7.13. The van der Waals surface area contributed by atoms with Gasteiger partial charge in [-0.25, -0.2) is 4.98 Å². The van der Waals surface area contributed by atoms with Crippen molar-refractivity contribution in [3.8, 4) is 0 Å². The minimum Gasteiger partial charge on any atom is -0.481 e. The fourth-order valence-electron chi connectivity index (χ4n) is 2.25. The number of aromatic nitrogens is 1.